The minimum absolute atomic E-state index is 0.104. The van der Waals surface area contributed by atoms with E-state index in [0.29, 0.717) is 5.56 Å². The maximum atomic E-state index is 13.3. The van der Waals surface area contributed by atoms with Crippen molar-refractivity contribution in [1.29, 1.82) is 0 Å². The van der Waals surface area contributed by atoms with Gasteiger partial charge in [0.2, 0.25) is 0 Å². The molecule has 0 bridgehead atoms. The van der Waals surface area contributed by atoms with E-state index in [9.17, 15) is 13.2 Å². The van der Waals surface area contributed by atoms with Gasteiger partial charge in [-0.05, 0) is 17.7 Å². The summed E-state index contributed by atoms with van der Waals surface area (Å²) >= 11 is 0. The Morgan fingerprint density at radius 2 is 2.07 bits per heavy atom. The quantitative estimate of drug-likeness (QED) is 0.837. The molecule has 84 valence electrons. The van der Waals surface area contributed by atoms with Crippen molar-refractivity contribution in [2.75, 3.05) is 18.5 Å². The molecule has 0 saturated heterocycles. The van der Waals surface area contributed by atoms with E-state index < -0.39 is 18.8 Å². The van der Waals surface area contributed by atoms with Gasteiger partial charge in [-0.2, -0.15) is 0 Å². The van der Waals surface area contributed by atoms with E-state index >= 15 is 0 Å². The monoisotopic (exact) mass is 219 g/mol. The SMILES string of the molecule is CN(CC(F)F)c1ccc(CO)cc1F. The van der Waals surface area contributed by atoms with E-state index in [4.69, 9.17) is 5.11 Å². The summed E-state index contributed by atoms with van der Waals surface area (Å²) in [6.07, 6.45) is -2.51. The van der Waals surface area contributed by atoms with Gasteiger partial charge in [-0.15, -0.1) is 0 Å². The van der Waals surface area contributed by atoms with Crippen LogP contribution in [0.2, 0.25) is 0 Å². The maximum absolute atomic E-state index is 13.3. The molecule has 0 amide bonds. The summed E-state index contributed by atoms with van der Waals surface area (Å²) < 4.78 is 37.4. The Morgan fingerprint density at radius 3 is 2.53 bits per heavy atom. The molecule has 1 aromatic carbocycles. The first-order valence-corrected chi connectivity index (χ1v) is 4.43. The van der Waals surface area contributed by atoms with Crippen LogP contribution in [-0.4, -0.2) is 25.1 Å². The van der Waals surface area contributed by atoms with Crippen molar-refractivity contribution >= 4 is 5.69 Å². The van der Waals surface area contributed by atoms with E-state index in [2.05, 4.69) is 0 Å². The molecule has 0 atom stereocenters. The Bertz CT molecular complexity index is 330. The summed E-state index contributed by atoms with van der Waals surface area (Å²) in [6.45, 7) is -0.787. The van der Waals surface area contributed by atoms with E-state index in [1.54, 1.807) is 0 Å². The number of alkyl halides is 2. The average Bonchev–Trinajstić information content (AvgIpc) is 2.16. The van der Waals surface area contributed by atoms with Gasteiger partial charge in [-0.1, -0.05) is 6.07 Å². The molecule has 15 heavy (non-hydrogen) atoms. The molecule has 0 aliphatic rings. The first-order valence-electron chi connectivity index (χ1n) is 4.43. The van der Waals surface area contributed by atoms with Crippen molar-refractivity contribution in [1.82, 2.24) is 0 Å². The highest BCUT2D eigenvalue weighted by Crippen LogP contribution is 2.20. The summed E-state index contributed by atoms with van der Waals surface area (Å²) in [7, 11) is 1.39. The Labute approximate surface area is 85.9 Å². The van der Waals surface area contributed by atoms with Gasteiger partial charge in [0, 0.05) is 7.05 Å². The smallest absolute Gasteiger partial charge is 0.255 e. The largest absolute Gasteiger partial charge is 0.392 e. The van der Waals surface area contributed by atoms with Crippen LogP contribution >= 0.6 is 0 Å². The molecule has 0 unspecified atom stereocenters. The maximum Gasteiger partial charge on any atom is 0.255 e. The van der Waals surface area contributed by atoms with Crippen LogP contribution in [0.15, 0.2) is 18.2 Å². The molecule has 1 N–H and O–H groups in total. The number of nitrogens with zero attached hydrogens (tertiary/aromatic N) is 1. The molecule has 0 saturated carbocycles. The third-order valence-electron chi connectivity index (χ3n) is 2.02. The Hall–Kier alpha value is -1.23. The van der Waals surface area contributed by atoms with Crippen LogP contribution < -0.4 is 4.90 Å². The zero-order valence-corrected chi connectivity index (χ0v) is 8.25. The summed E-state index contributed by atoms with van der Waals surface area (Å²) in [5.74, 6) is -0.607. The van der Waals surface area contributed by atoms with Crippen molar-refractivity contribution in [3.05, 3.63) is 29.6 Å². The zero-order chi connectivity index (χ0) is 11.4. The van der Waals surface area contributed by atoms with Gasteiger partial charge in [0.25, 0.3) is 6.43 Å². The van der Waals surface area contributed by atoms with Crippen LogP contribution in [0.3, 0.4) is 0 Å². The molecule has 0 fully saturated rings. The minimum Gasteiger partial charge on any atom is -0.392 e. The molecule has 0 spiro atoms. The molecule has 1 aromatic rings. The first kappa shape index (κ1) is 11.8. The van der Waals surface area contributed by atoms with Crippen LogP contribution in [0.5, 0.6) is 0 Å². The number of benzene rings is 1. The summed E-state index contributed by atoms with van der Waals surface area (Å²) in [4.78, 5) is 1.14. The number of rotatable bonds is 4. The normalized spacial score (nSPS) is 10.8. The highest BCUT2D eigenvalue weighted by atomic mass is 19.3. The van der Waals surface area contributed by atoms with Crippen LogP contribution in [0.25, 0.3) is 0 Å². The van der Waals surface area contributed by atoms with Crippen molar-refractivity contribution in [2.45, 2.75) is 13.0 Å². The molecule has 5 heteroatoms. The fourth-order valence-corrected chi connectivity index (χ4v) is 1.26. The lowest BCUT2D eigenvalue weighted by atomic mass is 10.2. The third kappa shape index (κ3) is 3.13. The number of hydrogen-bond donors (Lipinski definition) is 1. The Balaban J connectivity index is 2.85. The molecular weight excluding hydrogens is 207 g/mol. The first-order chi connectivity index (χ1) is 7.04. The standard InChI is InChI=1S/C10H12F3NO/c1-14(5-10(12)13)9-3-2-7(6-15)4-8(9)11/h2-4,10,15H,5-6H2,1H3. The van der Waals surface area contributed by atoms with Gasteiger partial charge in [-0.3, -0.25) is 0 Å². The van der Waals surface area contributed by atoms with E-state index in [0.717, 1.165) is 11.0 Å². The van der Waals surface area contributed by atoms with Gasteiger partial charge in [0.05, 0.1) is 18.8 Å². The van der Waals surface area contributed by atoms with Crippen molar-refractivity contribution in [3.8, 4) is 0 Å². The van der Waals surface area contributed by atoms with Gasteiger partial charge in [0.1, 0.15) is 5.82 Å². The second-order valence-electron chi connectivity index (χ2n) is 3.22. The van der Waals surface area contributed by atoms with Crippen LogP contribution in [-0.2, 0) is 6.61 Å². The summed E-state index contributed by atoms with van der Waals surface area (Å²) in [5.41, 5.74) is 0.522. The molecule has 0 aromatic heterocycles. The highest BCUT2D eigenvalue weighted by Gasteiger charge is 2.12. The molecular formula is C10H12F3NO. The fraction of sp³-hybridized carbons (Fsp3) is 0.400. The van der Waals surface area contributed by atoms with E-state index in [1.165, 1.54) is 19.2 Å². The lowest BCUT2D eigenvalue weighted by Crippen LogP contribution is -2.24. The zero-order valence-electron chi connectivity index (χ0n) is 8.25. The number of halogens is 3. The van der Waals surface area contributed by atoms with Crippen LogP contribution in [0.4, 0.5) is 18.9 Å². The minimum atomic E-state index is -2.51. The van der Waals surface area contributed by atoms with Crippen molar-refractivity contribution in [3.63, 3.8) is 0 Å². The lowest BCUT2D eigenvalue weighted by Gasteiger charge is -2.19. The fourth-order valence-electron chi connectivity index (χ4n) is 1.26. The number of aliphatic hydroxyl groups is 1. The Kier molecular flexibility index (Phi) is 3.96. The number of hydrogen-bond acceptors (Lipinski definition) is 2. The van der Waals surface area contributed by atoms with Gasteiger partial charge < -0.3 is 10.0 Å². The topological polar surface area (TPSA) is 23.5 Å². The van der Waals surface area contributed by atoms with Gasteiger partial charge in [0.15, 0.2) is 0 Å². The van der Waals surface area contributed by atoms with E-state index in [1.807, 2.05) is 0 Å². The van der Waals surface area contributed by atoms with Crippen LogP contribution in [0, 0.1) is 5.82 Å². The summed E-state index contributed by atoms with van der Waals surface area (Å²) in [6, 6.07) is 4.01. The average molecular weight is 219 g/mol. The number of aliphatic hydroxyl groups excluding tert-OH is 1. The van der Waals surface area contributed by atoms with Gasteiger partial charge in [-0.25, -0.2) is 13.2 Å². The second kappa shape index (κ2) is 5.02. The van der Waals surface area contributed by atoms with Crippen molar-refractivity contribution in [2.24, 2.45) is 0 Å². The molecule has 0 heterocycles. The Morgan fingerprint density at radius 1 is 1.40 bits per heavy atom. The van der Waals surface area contributed by atoms with Crippen molar-refractivity contribution < 1.29 is 18.3 Å². The summed E-state index contributed by atoms with van der Waals surface area (Å²) in [5, 5.41) is 8.74. The third-order valence-corrected chi connectivity index (χ3v) is 2.02. The molecule has 2 nitrogen and oxygen atoms in total. The molecule has 0 aliphatic carbocycles. The predicted octanol–water partition coefficient (Wildman–Crippen LogP) is 2.02. The lowest BCUT2D eigenvalue weighted by molar-refractivity contribution is 0.156. The predicted molar refractivity (Wildman–Crippen MR) is 51.6 cm³/mol. The molecule has 0 aliphatic heterocycles. The van der Waals surface area contributed by atoms with Crippen LogP contribution in [0.1, 0.15) is 5.56 Å². The molecule has 1 rings (SSSR count). The second-order valence-corrected chi connectivity index (χ2v) is 3.22. The number of anilines is 1. The van der Waals surface area contributed by atoms with Gasteiger partial charge >= 0.3 is 0 Å². The van der Waals surface area contributed by atoms with E-state index in [-0.39, 0.29) is 12.3 Å². The highest BCUT2D eigenvalue weighted by molar-refractivity contribution is 5.48. The molecule has 0 radical (unpaired) electrons.